The van der Waals surface area contributed by atoms with Gasteiger partial charge >= 0.3 is 11.9 Å². The highest BCUT2D eigenvalue weighted by Crippen LogP contribution is 2.62. The minimum absolute atomic E-state index is 0.0514. The Morgan fingerprint density at radius 2 is 1.96 bits per heavy atom. The zero-order valence-corrected chi connectivity index (χ0v) is 15.1. The molecule has 2 fully saturated rings. The summed E-state index contributed by atoms with van der Waals surface area (Å²) in [5.41, 5.74) is 1.37. The second kappa shape index (κ2) is 6.73. The summed E-state index contributed by atoms with van der Waals surface area (Å²) in [7, 11) is 0. The summed E-state index contributed by atoms with van der Waals surface area (Å²) in [5.74, 6) is -1.15. The van der Waals surface area contributed by atoms with E-state index in [-0.39, 0.29) is 17.3 Å². The first-order chi connectivity index (χ1) is 11.1. The van der Waals surface area contributed by atoms with Gasteiger partial charge in [-0.25, -0.2) is 4.79 Å². The van der Waals surface area contributed by atoms with Crippen LogP contribution in [0.2, 0.25) is 0 Å². The zero-order valence-electron chi connectivity index (χ0n) is 15.1. The molecular formula is C20H30O4. The largest absolute Gasteiger partial charge is 0.481 e. The summed E-state index contributed by atoms with van der Waals surface area (Å²) >= 11 is 0. The van der Waals surface area contributed by atoms with Crippen LogP contribution in [0.25, 0.3) is 0 Å². The number of fused-ring (bicyclic) bond motifs is 1. The maximum absolute atomic E-state index is 12.0. The summed E-state index contributed by atoms with van der Waals surface area (Å²) in [6.07, 6.45) is 7.36. The Morgan fingerprint density at radius 3 is 2.54 bits per heavy atom. The molecule has 2 aliphatic rings. The minimum Gasteiger partial charge on any atom is -0.481 e. The van der Waals surface area contributed by atoms with Crippen molar-refractivity contribution in [2.75, 3.05) is 0 Å². The lowest BCUT2D eigenvalue weighted by atomic mass is 9.46. The van der Waals surface area contributed by atoms with Crippen molar-refractivity contribution in [3.63, 3.8) is 0 Å². The Hall–Kier alpha value is -1.58. The molecule has 0 aromatic heterocycles. The SMILES string of the molecule is C=C1CC[C@@H]2[C@@](C)(CCC[C@@]2(C)C(=O)O)[C@H]1CC/C(C)=C\C(=O)O. The van der Waals surface area contributed by atoms with Gasteiger partial charge in [0.1, 0.15) is 0 Å². The van der Waals surface area contributed by atoms with Crippen LogP contribution in [0.4, 0.5) is 0 Å². The maximum atomic E-state index is 12.0. The van der Waals surface area contributed by atoms with Gasteiger partial charge in [-0.1, -0.05) is 31.1 Å². The van der Waals surface area contributed by atoms with E-state index in [1.807, 2.05) is 13.8 Å². The Kier molecular flexibility index (Phi) is 5.26. The Bertz CT molecular complexity index is 576. The summed E-state index contributed by atoms with van der Waals surface area (Å²) in [5, 5.41) is 18.7. The third-order valence-corrected chi connectivity index (χ3v) is 6.71. The topological polar surface area (TPSA) is 74.6 Å². The predicted octanol–water partition coefficient (Wildman–Crippen LogP) is 4.66. The first-order valence-electron chi connectivity index (χ1n) is 8.92. The summed E-state index contributed by atoms with van der Waals surface area (Å²) in [6.45, 7) is 10.3. The molecule has 0 bridgehead atoms. The van der Waals surface area contributed by atoms with Crippen LogP contribution in [0.1, 0.15) is 65.7 Å². The van der Waals surface area contributed by atoms with Crippen LogP contribution in [0.15, 0.2) is 23.8 Å². The van der Waals surface area contributed by atoms with E-state index in [1.54, 1.807) is 0 Å². The fourth-order valence-corrected chi connectivity index (χ4v) is 5.39. The average Bonchev–Trinajstić information content (AvgIpc) is 2.45. The van der Waals surface area contributed by atoms with E-state index in [0.717, 1.165) is 50.5 Å². The Morgan fingerprint density at radius 1 is 1.29 bits per heavy atom. The third kappa shape index (κ3) is 3.28. The summed E-state index contributed by atoms with van der Waals surface area (Å²) < 4.78 is 0. The molecule has 2 N–H and O–H groups in total. The molecule has 0 saturated heterocycles. The van der Waals surface area contributed by atoms with Crippen molar-refractivity contribution in [3.8, 4) is 0 Å². The second-order valence-corrected chi connectivity index (χ2v) is 8.25. The molecule has 0 aromatic carbocycles. The van der Waals surface area contributed by atoms with Gasteiger partial charge < -0.3 is 10.2 Å². The lowest BCUT2D eigenvalue weighted by molar-refractivity contribution is -0.164. The average molecular weight is 334 g/mol. The van der Waals surface area contributed by atoms with Gasteiger partial charge in [0.25, 0.3) is 0 Å². The predicted molar refractivity (Wildman–Crippen MR) is 93.7 cm³/mol. The molecule has 0 amide bonds. The molecule has 0 aliphatic heterocycles. The van der Waals surface area contributed by atoms with Gasteiger partial charge in [0.05, 0.1) is 5.41 Å². The lowest BCUT2D eigenvalue weighted by Crippen LogP contribution is -2.53. The molecular weight excluding hydrogens is 304 g/mol. The van der Waals surface area contributed by atoms with Gasteiger partial charge in [0.2, 0.25) is 0 Å². The molecule has 0 heterocycles. The minimum atomic E-state index is -0.907. The van der Waals surface area contributed by atoms with Crippen LogP contribution in [0.5, 0.6) is 0 Å². The Balaban J connectivity index is 2.25. The zero-order chi connectivity index (χ0) is 18.1. The van der Waals surface area contributed by atoms with Crippen molar-refractivity contribution in [1.82, 2.24) is 0 Å². The van der Waals surface area contributed by atoms with E-state index in [2.05, 4.69) is 13.5 Å². The van der Waals surface area contributed by atoms with Crippen molar-refractivity contribution >= 4 is 11.9 Å². The van der Waals surface area contributed by atoms with Crippen LogP contribution in [0.3, 0.4) is 0 Å². The molecule has 0 spiro atoms. The summed E-state index contributed by atoms with van der Waals surface area (Å²) in [6, 6.07) is 0. The van der Waals surface area contributed by atoms with E-state index in [1.165, 1.54) is 11.6 Å². The number of allylic oxidation sites excluding steroid dienone is 2. The van der Waals surface area contributed by atoms with E-state index in [9.17, 15) is 14.7 Å². The van der Waals surface area contributed by atoms with Crippen molar-refractivity contribution in [2.45, 2.75) is 65.7 Å². The van der Waals surface area contributed by atoms with E-state index in [0.29, 0.717) is 0 Å². The van der Waals surface area contributed by atoms with Crippen molar-refractivity contribution in [3.05, 3.63) is 23.8 Å². The molecule has 0 radical (unpaired) electrons. The highest BCUT2D eigenvalue weighted by atomic mass is 16.4. The van der Waals surface area contributed by atoms with Crippen molar-refractivity contribution in [1.29, 1.82) is 0 Å². The normalized spacial score (nSPS) is 37.0. The fourth-order valence-electron chi connectivity index (χ4n) is 5.39. The van der Waals surface area contributed by atoms with Gasteiger partial charge in [-0.2, -0.15) is 0 Å². The first kappa shape index (κ1) is 18.8. The molecule has 0 aromatic rings. The molecule has 2 aliphatic carbocycles. The van der Waals surface area contributed by atoms with Crippen LogP contribution in [-0.4, -0.2) is 22.2 Å². The molecule has 0 unspecified atom stereocenters. The highest BCUT2D eigenvalue weighted by Gasteiger charge is 2.57. The number of hydrogen-bond acceptors (Lipinski definition) is 2. The molecule has 4 heteroatoms. The number of carboxylic acids is 2. The molecule has 2 rings (SSSR count). The number of carbonyl (C=O) groups is 2. The monoisotopic (exact) mass is 334 g/mol. The standard InChI is InChI=1S/C20H30O4/c1-13(12-17(21)22)6-8-15-14(2)7-9-16-19(15,3)10-5-11-20(16,4)18(23)24/h12,15-16H,2,5-11H2,1,3-4H3,(H,21,22)(H,23,24)/b13-12-/t15-,16+,19-,20+/m0/s1. The van der Waals surface area contributed by atoms with E-state index < -0.39 is 17.4 Å². The fraction of sp³-hybridized carbons (Fsp3) is 0.700. The quantitative estimate of drug-likeness (QED) is 0.566. The Labute approximate surface area is 144 Å². The van der Waals surface area contributed by atoms with Gasteiger partial charge in [0, 0.05) is 6.08 Å². The number of rotatable bonds is 5. The van der Waals surface area contributed by atoms with Gasteiger partial charge in [-0.15, -0.1) is 0 Å². The van der Waals surface area contributed by atoms with Crippen LogP contribution in [0, 0.1) is 22.7 Å². The molecule has 4 nitrogen and oxygen atoms in total. The molecule has 2 saturated carbocycles. The smallest absolute Gasteiger partial charge is 0.328 e. The van der Waals surface area contributed by atoms with E-state index in [4.69, 9.17) is 5.11 Å². The third-order valence-electron chi connectivity index (χ3n) is 6.71. The second-order valence-electron chi connectivity index (χ2n) is 8.25. The summed E-state index contributed by atoms with van der Waals surface area (Å²) in [4.78, 5) is 22.8. The van der Waals surface area contributed by atoms with Crippen LogP contribution < -0.4 is 0 Å². The molecule has 134 valence electrons. The maximum Gasteiger partial charge on any atom is 0.328 e. The van der Waals surface area contributed by atoms with Crippen molar-refractivity contribution in [2.24, 2.45) is 22.7 Å². The van der Waals surface area contributed by atoms with Gasteiger partial charge in [-0.05, 0) is 69.6 Å². The first-order valence-corrected chi connectivity index (χ1v) is 8.92. The van der Waals surface area contributed by atoms with Crippen LogP contribution in [-0.2, 0) is 9.59 Å². The number of aliphatic carboxylic acids is 2. The lowest BCUT2D eigenvalue weighted by Gasteiger charge is -2.57. The number of carboxylic acid groups (broad SMARTS) is 2. The molecule has 24 heavy (non-hydrogen) atoms. The number of hydrogen-bond donors (Lipinski definition) is 2. The highest BCUT2D eigenvalue weighted by molar-refractivity contribution is 5.80. The van der Waals surface area contributed by atoms with Gasteiger partial charge in [-0.3, -0.25) is 4.79 Å². The van der Waals surface area contributed by atoms with Gasteiger partial charge in [0.15, 0.2) is 0 Å². The van der Waals surface area contributed by atoms with Crippen LogP contribution >= 0.6 is 0 Å². The molecule has 4 atom stereocenters. The van der Waals surface area contributed by atoms with Crippen molar-refractivity contribution < 1.29 is 19.8 Å². The van der Waals surface area contributed by atoms with E-state index >= 15 is 0 Å².